The second kappa shape index (κ2) is 5.34. The van der Waals surface area contributed by atoms with Crippen LogP contribution in [0.2, 0.25) is 0 Å². The van der Waals surface area contributed by atoms with Gasteiger partial charge in [0.1, 0.15) is 0 Å². The van der Waals surface area contributed by atoms with Crippen molar-refractivity contribution in [3.05, 3.63) is 17.9 Å². The minimum absolute atomic E-state index is 0.0819. The Balaban J connectivity index is 2.54. The first-order valence-corrected chi connectivity index (χ1v) is 5.08. The first-order valence-electron chi connectivity index (χ1n) is 5.08. The van der Waals surface area contributed by atoms with Gasteiger partial charge in [-0.1, -0.05) is 0 Å². The Labute approximate surface area is 94.4 Å². The standard InChI is InChI=1S/C11H16N2O3/c1-8(2)12-10(15)6-13(3)11-5-4-9(7-14)16-11/h4-5,7-8H,6H2,1-3H3,(H,12,15). The minimum Gasteiger partial charge on any atom is -0.438 e. The molecular weight excluding hydrogens is 208 g/mol. The number of nitrogens with one attached hydrogen (secondary N) is 1. The average molecular weight is 224 g/mol. The fourth-order valence-electron chi connectivity index (χ4n) is 1.27. The molecule has 16 heavy (non-hydrogen) atoms. The predicted octanol–water partition coefficient (Wildman–Crippen LogP) is 1.05. The summed E-state index contributed by atoms with van der Waals surface area (Å²) in [6.07, 6.45) is 0.630. The highest BCUT2D eigenvalue weighted by atomic mass is 16.4. The SMILES string of the molecule is CC(C)NC(=O)CN(C)c1ccc(C=O)o1. The fraction of sp³-hybridized carbons (Fsp3) is 0.455. The van der Waals surface area contributed by atoms with Crippen LogP contribution in [0.25, 0.3) is 0 Å². The second-order valence-corrected chi connectivity index (χ2v) is 3.87. The van der Waals surface area contributed by atoms with Crippen LogP contribution in [-0.2, 0) is 4.79 Å². The van der Waals surface area contributed by atoms with E-state index in [2.05, 4.69) is 5.32 Å². The van der Waals surface area contributed by atoms with Crippen molar-refractivity contribution in [3.8, 4) is 0 Å². The van der Waals surface area contributed by atoms with Gasteiger partial charge in [0, 0.05) is 19.2 Å². The van der Waals surface area contributed by atoms with Gasteiger partial charge in [0.15, 0.2) is 17.9 Å². The van der Waals surface area contributed by atoms with Crippen LogP contribution in [0.1, 0.15) is 24.4 Å². The Hall–Kier alpha value is -1.78. The van der Waals surface area contributed by atoms with Crippen molar-refractivity contribution >= 4 is 18.1 Å². The van der Waals surface area contributed by atoms with E-state index in [4.69, 9.17) is 4.42 Å². The first-order chi connectivity index (χ1) is 7.52. The summed E-state index contributed by atoms with van der Waals surface area (Å²) in [6.45, 7) is 3.99. The van der Waals surface area contributed by atoms with E-state index in [0.717, 1.165) is 0 Å². The number of hydrogen-bond donors (Lipinski definition) is 1. The maximum Gasteiger partial charge on any atom is 0.239 e. The number of aldehydes is 1. The molecule has 5 heteroatoms. The Bertz CT molecular complexity index is 371. The van der Waals surface area contributed by atoms with Crippen LogP contribution >= 0.6 is 0 Å². The molecule has 1 amide bonds. The van der Waals surface area contributed by atoms with Crippen LogP contribution in [-0.4, -0.2) is 31.8 Å². The molecule has 1 aromatic rings. The molecule has 0 aliphatic rings. The zero-order chi connectivity index (χ0) is 12.1. The lowest BCUT2D eigenvalue weighted by atomic mass is 10.4. The third kappa shape index (κ3) is 3.42. The van der Waals surface area contributed by atoms with E-state index in [0.29, 0.717) is 12.2 Å². The van der Waals surface area contributed by atoms with Crippen molar-refractivity contribution < 1.29 is 14.0 Å². The van der Waals surface area contributed by atoms with Gasteiger partial charge >= 0.3 is 0 Å². The number of rotatable bonds is 5. The molecule has 0 saturated carbocycles. The summed E-state index contributed by atoms with van der Waals surface area (Å²) in [5, 5.41) is 2.77. The van der Waals surface area contributed by atoms with Gasteiger partial charge in [0.25, 0.3) is 0 Å². The highest BCUT2D eigenvalue weighted by molar-refractivity contribution is 5.81. The maximum absolute atomic E-state index is 11.4. The molecule has 1 N–H and O–H groups in total. The van der Waals surface area contributed by atoms with Crippen LogP contribution < -0.4 is 10.2 Å². The maximum atomic E-state index is 11.4. The van der Waals surface area contributed by atoms with Crippen molar-refractivity contribution in [1.29, 1.82) is 0 Å². The van der Waals surface area contributed by atoms with Crippen molar-refractivity contribution in [1.82, 2.24) is 5.32 Å². The molecule has 0 unspecified atom stereocenters. The Morgan fingerprint density at radius 2 is 2.25 bits per heavy atom. The average Bonchev–Trinajstić information content (AvgIpc) is 2.64. The molecule has 0 radical (unpaired) electrons. The van der Waals surface area contributed by atoms with Crippen molar-refractivity contribution in [2.45, 2.75) is 19.9 Å². The smallest absolute Gasteiger partial charge is 0.239 e. The lowest BCUT2D eigenvalue weighted by Gasteiger charge is -2.16. The molecule has 0 aromatic carbocycles. The number of anilines is 1. The third-order valence-electron chi connectivity index (χ3n) is 1.94. The Kier molecular flexibility index (Phi) is 4.10. The number of hydrogen-bond acceptors (Lipinski definition) is 4. The molecule has 0 spiro atoms. The molecule has 0 atom stereocenters. The third-order valence-corrected chi connectivity index (χ3v) is 1.94. The zero-order valence-electron chi connectivity index (χ0n) is 9.69. The molecule has 0 aliphatic carbocycles. The lowest BCUT2D eigenvalue weighted by Crippen LogP contribution is -2.38. The topological polar surface area (TPSA) is 62.6 Å². The summed E-state index contributed by atoms with van der Waals surface area (Å²) < 4.78 is 5.18. The monoisotopic (exact) mass is 224 g/mol. The highest BCUT2D eigenvalue weighted by Crippen LogP contribution is 2.15. The fourth-order valence-corrected chi connectivity index (χ4v) is 1.27. The van der Waals surface area contributed by atoms with Crippen LogP contribution in [0.4, 0.5) is 5.88 Å². The van der Waals surface area contributed by atoms with Crippen molar-refractivity contribution in [3.63, 3.8) is 0 Å². The summed E-state index contributed by atoms with van der Waals surface area (Å²) in [5.41, 5.74) is 0. The number of carbonyl (C=O) groups is 2. The molecule has 0 aliphatic heterocycles. The molecule has 1 aromatic heterocycles. The number of amides is 1. The zero-order valence-corrected chi connectivity index (χ0v) is 9.69. The van der Waals surface area contributed by atoms with Crippen LogP contribution in [0.15, 0.2) is 16.5 Å². The van der Waals surface area contributed by atoms with Gasteiger partial charge in [-0.3, -0.25) is 9.59 Å². The van der Waals surface area contributed by atoms with E-state index in [9.17, 15) is 9.59 Å². The van der Waals surface area contributed by atoms with Gasteiger partial charge < -0.3 is 14.6 Å². The Morgan fingerprint density at radius 3 is 2.75 bits per heavy atom. The summed E-state index contributed by atoms with van der Waals surface area (Å²) in [4.78, 5) is 23.5. The molecular formula is C11H16N2O3. The minimum atomic E-state index is -0.0819. The summed E-state index contributed by atoms with van der Waals surface area (Å²) in [5.74, 6) is 0.675. The normalized spacial score (nSPS) is 10.2. The Morgan fingerprint density at radius 1 is 1.56 bits per heavy atom. The van der Waals surface area contributed by atoms with Crippen molar-refractivity contribution in [2.75, 3.05) is 18.5 Å². The molecule has 0 fully saturated rings. The molecule has 5 nitrogen and oxygen atoms in total. The molecule has 1 heterocycles. The highest BCUT2D eigenvalue weighted by Gasteiger charge is 2.11. The second-order valence-electron chi connectivity index (χ2n) is 3.87. The van der Waals surface area contributed by atoms with Crippen LogP contribution in [0.3, 0.4) is 0 Å². The number of nitrogens with zero attached hydrogens (tertiary/aromatic N) is 1. The number of furan rings is 1. The summed E-state index contributed by atoms with van der Waals surface area (Å²) >= 11 is 0. The molecule has 1 rings (SSSR count). The van der Waals surface area contributed by atoms with Gasteiger partial charge in [-0.05, 0) is 19.9 Å². The molecule has 0 bridgehead atoms. The molecule has 0 saturated heterocycles. The van der Waals surface area contributed by atoms with Gasteiger partial charge in [-0.15, -0.1) is 0 Å². The van der Waals surface area contributed by atoms with E-state index < -0.39 is 0 Å². The van der Waals surface area contributed by atoms with Crippen LogP contribution in [0.5, 0.6) is 0 Å². The van der Waals surface area contributed by atoms with E-state index >= 15 is 0 Å². The quantitative estimate of drug-likeness (QED) is 0.759. The largest absolute Gasteiger partial charge is 0.438 e. The number of likely N-dealkylation sites (N-methyl/N-ethyl adjacent to an activating group) is 1. The first kappa shape index (κ1) is 12.3. The van der Waals surface area contributed by atoms with Crippen molar-refractivity contribution in [2.24, 2.45) is 0 Å². The van der Waals surface area contributed by atoms with E-state index in [1.165, 1.54) is 0 Å². The lowest BCUT2D eigenvalue weighted by molar-refractivity contribution is -0.120. The predicted molar refractivity (Wildman–Crippen MR) is 60.6 cm³/mol. The summed E-state index contributed by atoms with van der Waals surface area (Å²) in [6, 6.07) is 3.34. The van der Waals surface area contributed by atoms with E-state index in [-0.39, 0.29) is 24.3 Å². The van der Waals surface area contributed by atoms with Gasteiger partial charge in [-0.2, -0.15) is 0 Å². The molecule has 88 valence electrons. The van der Waals surface area contributed by atoms with Crippen LogP contribution in [0, 0.1) is 0 Å². The van der Waals surface area contributed by atoms with Gasteiger partial charge in [-0.25, -0.2) is 0 Å². The number of carbonyl (C=O) groups excluding carboxylic acids is 2. The van der Waals surface area contributed by atoms with Gasteiger partial charge in [0.2, 0.25) is 5.91 Å². The summed E-state index contributed by atoms with van der Waals surface area (Å²) in [7, 11) is 1.73. The van der Waals surface area contributed by atoms with E-state index in [1.807, 2.05) is 13.8 Å². The van der Waals surface area contributed by atoms with E-state index in [1.54, 1.807) is 24.1 Å². The van der Waals surface area contributed by atoms with Gasteiger partial charge in [0.05, 0.1) is 6.54 Å².